The van der Waals surface area contributed by atoms with Gasteiger partial charge in [0, 0.05) is 5.02 Å². The second-order valence-electron chi connectivity index (χ2n) is 5.56. The normalized spacial score (nSPS) is 10.5. The molecule has 0 radical (unpaired) electrons. The molecule has 2 N–H and O–H groups in total. The van der Waals surface area contributed by atoms with E-state index in [2.05, 4.69) is 10.9 Å². The van der Waals surface area contributed by atoms with Crippen LogP contribution < -0.4 is 15.6 Å². The van der Waals surface area contributed by atoms with Crippen LogP contribution in [-0.4, -0.2) is 18.4 Å². The van der Waals surface area contributed by atoms with Gasteiger partial charge in [-0.1, -0.05) is 31.5 Å². The van der Waals surface area contributed by atoms with E-state index in [0.717, 1.165) is 11.1 Å². The summed E-state index contributed by atoms with van der Waals surface area (Å²) in [5.74, 6) is 0.0251. The highest BCUT2D eigenvalue weighted by atomic mass is 35.5. The number of aryl methyl sites for hydroxylation is 1. The molecule has 24 heavy (non-hydrogen) atoms. The lowest BCUT2D eigenvalue weighted by Gasteiger charge is -2.16. The molecule has 1 aromatic carbocycles. The van der Waals surface area contributed by atoms with Crippen molar-refractivity contribution in [3.63, 3.8) is 0 Å². The zero-order chi connectivity index (χ0) is 17.7. The fourth-order valence-corrected chi connectivity index (χ4v) is 2.81. The summed E-state index contributed by atoms with van der Waals surface area (Å²) in [5, 5.41) is 2.45. The highest BCUT2D eigenvalue weighted by Crippen LogP contribution is 2.31. The van der Waals surface area contributed by atoms with Crippen molar-refractivity contribution in [2.75, 3.05) is 6.61 Å². The monoisotopic (exact) mass is 366 g/mol. The van der Waals surface area contributed by atoms with E-state index in [1.165, 1.54) is 11.3 Å². The van der Waals surface area contributed by atoms with E-state index in [0.29, 0.717) is 15.6 Å². The van der Waals surface area contributed by atoms with Gasteiger partial charge in [-0.25, -0.2) is 0 Å². The largest absolute Gasteiger partial charge is 0.483 e. The van der Waals surface area contributed by atoms with Gasteiger partial charge in [0.05, 0.1) is 4.88 Å². The van der Waals surface area contributed by atoms with Gasteiger partial charge in [0.1, 0.15) is 5.75 Å². The first-order chi connectivity index (χ1) is 11.4. The van der Waals surface area contributed by atoms with Crippen molar-refractivity contribution in [2.45, 2.75) is 26.7 Å². The Labute approximate surface area is 149 Å². The number of carbonyl (C=O) groups excluding carboxylic acids is 2. The number of hydrazine groups is 1. The number of nitrogens with one attached hydrogen (secondary N) is 2. The van der Waals surface area contributed by atoms with Crippen molar-refractivity contribution in [2.24, 2.45) is 0 Å². The first-order valence-corrected chi connectivity index (χ1v) is 8.69. The van der Waals surface area contributed by atoms with E-state index in [1.807, 2.05) is 32.9 Å². The first kappa shape index (κ1) is 18.3. The summed E-state index contributed by atoms with van der Waals surface area (Å²) >= 11 is 7.44. The molecule has 0 saturated heterocycles. The van der Waals surface area contributed by atoms with E-state index >= 15 is 0 Å². The van der Waals surface area contributed by atoms with Crippen LogP contribution >= 0.6 is 22.9 Å². The van der Waals surface area contributed by atoms with Crippen molar-refractivity contribution in [3.8, 4) is 5.75 Å². The highest BCUT2D eigenvalue weighted by Gasteiger charge is 2.13. The van der Waals surface area contributed by atoms with E-state index < -0.39 is 5.91 Å². The highest BCUT2D eigenvalue weighted by molar-refractivity contribution is 7.12. The molecule has 1 aromatic heterocycles. The molecule has 0 unspecified atom stereocenters. The third kappa shape index (κ3) is 4.72. The van der Waals surface area contributed by atoms with E-state index in [9.17, 15) is 9.59 Å². The fraction of sp³-hybridized carbons (Fsp3) is 0.294. The molecular weight excluding hydrogens is 348 g/mol. The molecule has 0 aliphatic carbocycles. The van der Waals surface area contributed by atoms with Crippen molar-refractivity contribution < 1.29 is 14.3 Å². The number of thiophene rings is 1. The molecule has 0 saturated carbocycles. The van der Waals surface area contributed by atoms with E-state index in [1.54, 1.807) is 17.5 Å². The van der Waals surface area contributed by atoms with Gasteiger partial charge >= 0.3 is 0 Å². The molecule has 0 aliphatic heterocycles. The van der Waals surface area contributed by atoms with Crippen molar-refractivity contribution >= 4 is 34.8 Å². The number of benzene rings is 1. The summed E-state index contributed by atoms with van der Waals surface area (Å²) in [4.78, 5) is 24.1. The predicted molar refractivity (Wildman–Crippen MR) is 95.7 cm³/mol. The topological polar surface area (TPSA) is 67.4 Å². The molecule has 7 heteroatoms. The molecular formula is C17H19ClN2O3S. The number of halogens is 1. The smallest absolute Gasteiger partial charge is 0.279 e. The van der Waals surface area contributed by atoms with Crippen LogP contribution in [0.1, 0.15) is 40.6 Å². The summed E-state index contributed by atoms with van der Waals surface area (Å²) in [6.45, 7) is 5.72. The summed E-state index contributed by atoms with van der Waals surface area (Å²) < 4.78 is 5.60. The Morgan fingerprint density at radius 2 is 2.04 bits per heavy atom. The Kier molecular flexibility index (Phi) is 6.23. The lowest BCUT2D eigenvalue weighted by molar-refractivity contribution is -0.123. The molecule has 1 heterocycles. The standard InChI is InChI=1S/C17H19ClN2O3S/c1-10(2)12-8-13(18)11(3)7-14(12)23-9-16(21)19-20-17(22)15-5-4-6-24-15/h4-8,10H,9H2,1-3H3,(H,19,21)(H,20,22). The maximum atomic E-state index is 11.8. The van der Waals surface area contributed by atoms with Gasteiger partial charge in [-0.2, -0.15) is 0 Å². The third-order valence-corrected chi connectivity index (χ3v) is 4.61. The van der Waals surface area contributed by atoms with Crippen LogP contribution in [0.5, 0.6) is 5.75 Å². The van der Waals surface area contributed by atoms with Gasteiger partial charge in [-0.3, -0.25) is 20.4 Å². The summed E-state index contributed by atoms with van der Waals surface area (Å²) in [5.41, 5.74) is 6.49. The number of amides is 2. The maximum Gasteiger partial charge on any atom is 0.279 e. The van der Waals surface area contributed by atoms with Crippen molar-refractivity contribution in [1.82, 2.24) is 10.9 Å². The van der Waals surface area contributed by atoms with Gasteiger partial charge < -0.3 is 4.74 Å². The second-order valence-corrected chi connectivity index (χ2v) is 6.92. The number of hydrogen-bond donors (Lipinski definition) is 2. The zero-order valence-electron chi connectivity index (χ0n) is 13.7. The minimum atomic E-state index is -0.442. The molecule has 0 spiro atoms. The Bertz CT molecular complexity index is 730. The third-order valence-electron chi connectivity index (χ3n) is 3.33. The quantitative estimate of drug-likeness (QED) is 0.793. The maximum absolute atomic E-state index is 11.8. The fourth-order valence-electron chi connectivity index (χ4n) is 2.02. The average molecular weight is 367 g/mol. The molecule has 2 aromatic rings. The summed E-state index contributed by atoms with van der Waals surface area (Å²) in [7, 11) is 0. The number of carbonyl (C=O) groups is 2. The SMILES string of the molecule is Cc1cc(OCC(=O)NNC(=O)c2cccs2)c(C(C)C)cc1Cl. The van der Waals surface area contributed by atoms with Crippen LogP contribution in [0.15, 0.2) is 29.6 Å². The molecule has 2 amide bonds. The first-order valence-electron chi connectivity index (χ1n) is 7.44. The van der Waals surface area contributed by atoms with Crippen molar-refractivity contribution in [1.29, 1.82) is 0 Å². The minimum absolute atomic E-state index is 0.203. The number of hydrogen-bond acceptors (Lipinski definition) is 4. The lowest BCUT2D eigenvalue weighted by atomic mass is 10.0. The minimum Gasteiger partial charge on any atom is -0.483 e. The van der Waals surface area contributed by atoms with Gasteiger partial charge in [0.25, 0.3) is 11.8 Å². The summed E-state index contributed by atoms with van der Waals surface area (Å²) in [6, 6.07) is 7.11. The van der Waals surface area contributed by atoms with Gasteiger partial charge in [-0.05, 0) is 47.5 Å². The van der Waals surface area contributed by atoms with Crippen LogP contribution in [0.25, 0.3) is 0 Å². The predicted octanol–water partition coefficient (Wildman–Crippen LogP) is 3.67. The zero-order valence-corrected chi connectivity index (χ0v) is 15.3. The van der Waals surface area contributed by atoms with Gasteiger partial charge in [-0.15, -0.1) is 11.3 Å². The van der Waals surface area contributed by atoms with Crippen LogP contribution in [0.4, 0.5) is 0 Å². The Morgan fingerprint density at radius 3 is 2.67 bits per heavy atom. The van der Waals surface area contributed by atoms with Gasteiger partial charge in [0.2, 0.25) is 0 Å². The Hall–Kier alpha value is -2.05. The van der Waals surface area contributed by atoms with Crippen LogP contribution in [0.3, 0.4) is 0 Å². The number of ether oxygens (including phenoxy) is 1. The molecule has 2 rings (SSSR count). The van der Waals surface area contributed by atoms with E-state index in [4.69, 9.17) is 16.3 Å². The van der Waals surface area contributed by atoms with Crippen LogP contribution in [-0.2, 0) is 4.79 Å². The molecule has 128 valence electrons. The van der Waals surface area contributed by atoms with Gasteiger partial charge in [0.15, 0.2) is 6.61 Å². The molecule has 0 atom stereocenters. The molecule has 0 aliphatic rings. The summed E-state index contributed by atoms with van der Waals surface area (Å²) in [6.07, 6.45) is 0. The average Bonchev–Trinajstić information content (AvgIpc) is 3.07. The Morgan fingerprint density at radius 1 is 1.29 bits per heavy atom. The number of rotatable bonds is 5. The van der Waals surface area contributed by atoms with Crippen molar-refractivity contribution in [3.05, 3.63) is 50.7 Å². The van der Waals surface area contributed by atoms with Crippen LogP contribution in [0, 0.1) is 6.92 Å². The second kappa shape index (κ2) is 8.17. The Balaban J connectivity index is 1.92. The lowest BCUT2D eigenvalue weighted by Crippen LogP contribution is -2.43. The molecule has 0 bridgehead atoms. The molecule has 0 fully saturated rings. The van der Waals surface area contributed by atoms with Crippen LogP contribution in [0.2, 0.25) is 5.02 Å². The van der Waals surface area contributed by atoms with E-state index in [-0.39, 0.29) is 18.4 Å². The molecule has 5 nitrogen and oxygen atoms in total.